The zero-order valence-corrected chi connectivity index (χ0v) is 11.8. The van der Waals surface area contributed by atoms with Gasteiger partial charge < -0.3 is 15.3 Å². The van der Waals surface area contributed by atoms with Gasteiger partial charge in [0, 0.05) is 22.7 Å². The summed E-state index contributed by atoms with van der Waals surface area (Å²) >= 11 is 3.25. The SMILES string of the molecule is CC(CNc1ccc(C(=O)O)c(Br)c1)N(C)C. The number of benzene rings is 1. The molecule has 1 aromatic rings. The van der Waals surface area contributed by atoms with Crippen LogP contribution in [0.25, 0.3) is 0 Å². The minimum Gasteiger partial charge on any atom is -0.478 e. The second-order valence-corrected chi connectivity index (χ2v) is 5.05. The van der Waals surface area contributed by atoms with Crippen LogP contribution in [0.2, 0.25) is 0 Å². The van der Waals surface area contributed by atoms with Gasteiger partial charge in [-0.05, 0) is 55.1 Å². The highest BCUT2D eigenvalue weighted by Crippen LogP contribution is 2.21. The first-order valence-corrected chi connectivity index (χ1v) is 6.14. The fraction of sp³-hybridized carbons (Fsp3) is 0.417. The lowest BCUT2D eigenvalue weighted by molar-refractivity contribution is 0.0696. The third-order valence-electron chi connectivity index (χ3n) is 2.68. The van der Waals surface area contributed by atoms with Crippen molar-refractivity contribution in [1.29, 1.82) is 0 Å². The number of nitrogens with zero attached hydrogens (tertiary/aromatic N) is 1. The number of carboxylic acids is 1. The molecule has 17 heavy (non-hydrogen) atoms. The summed E-state index contributed by atoms with van der Waals surface area (Å²) in [7, 11) is 4.05. The van der Waals surface area contributed by atoms with Crippen LogP contribution in [-0.2, 0) is 0 Å². The summed E-state index contributed by atoms with van der Waals surface area (Å²) in [6.07, 6.45) is 0. The van der Waals surface area contributed by atoms with Crippen molar-refractivity contribution < 1.29 is 9.90 Å². The van der Waals surface area contributed by atoms with E-state index in [1.54, 1.807) is 18.2 Å². The molecule has 1 unspecified atom stereocenters. The number of hydrogen-bond donors (Lipinski definition) is 2. The minimum atomic E-state index is -0.926. The molecule has 0 fully saturated rings. The van der Waals surface area contributed by atoms with Crippen LogP contribution in [-0.4, -0.2) is 42.7 Å². The number of anilines is 1. The quantitative estimate of drug-likeness (QED) is 0.877. The number of carbonyl (C=O) groups is 1. The average Bonchev–Trinajstić information content (AvgIpc) is 2.25. The van der Waals surface area contributed by atoms with Crippen molar-refractivity contribution in [3.8, 4) is 0 Å². The largest absolute Gasteiger partial charge is 0.478 e. The van der Waals surface area contributed by atoms with E-state index in [1.807, 2.05) is 14.1 Å². The molecule has 5 heteroatoms. The molecular weight excluding hydrogens is 284 g/mol. The van der Waals surface area contributed by atoms with Gasteiger partial charge in [-0.15, -0.1) is 0 Å². The second-order valence-electron chi connectivity index (χ2n) is 4.19. The van der Waals surface area contributed by atoms with Crippen LogP contribution >= 0.6 is 15.9 Å². The van der Waals surface area contributed by atoms with Crippen molar-refractivity contribution in [2.45, 2.75) is 13.0 Å². The molecule has 0 aromatic heterocycles. The summed E-state index contributed by atoms with van der Waals surface area (Å²) in [6.45, 7) is 2.93. The Morgan fingerprint density at radius 3 is 2.65 bits per heavy atom. The first-order valence-electron chi connectivity index (χ1n) is 5.35. The molecule has 0 aliphatic heterocycles. The van der Waals surface area contributed by atoms with Gasteiger partial charge in [0.25, 0.3) is 0 Å². The highest BCUT2D eigenvalue weighted by molar-refractivity contribution is 9.10. The molecule has 94 valence electrons. The van der Waals surface area contributed by atoms with E-state index >= 15 is 0 Å². The Labute approximate surface area is 110 Å². The summed E-state index contributed by atoms with van der Waals surface area (Å²) in [6, 6.07) is 5.56. The summed E-state index contributed by atoms with van der Waals surface area (Å²) < 4.78 is 0.590. The summed E-state index contributed by atoms with van der Waals surface area (Å²) in [5.74, 6) is -0.926. The predicted molar refractivity (Wildman–Crippen MR) is 72.7 cm³/mol. The lowest BCUT2D eigenvalue weighted by Crippen LogP contribution is -2.31. The van der Waals surface area contributed by atoms with Gasteiger partial charge in [0.1, 0.15) is 0 Å². The van der Waals surface area contributed by atoms with Crippen LogP contribution in [0.15, 0.2) is 22.7 Å². The van der Waals surface area contributed by atoms with Crippen LogP contribution in [0.3, 0.4) is 0 Å². The van der Waals surface area contributed by atoms with Crippen LogP contribution in [0.4, 0.5) is 5.69 Å². The van der Waals surface area contributed by atoms with E-state index < -0.39 is 5.97 Å². The smallest absolute Gasteiger partial charge is 0.336 e. The third kappa shape index (κ3) is 4.02. The van der Waals surface area contributed by atoms with Crippen LogP contribution in [0.1, 0.15) is 17.3 Å². The van der Waals surface area contributed by atoms with Crippen molar-refractivity contribution in [2.75, 3.05) is 26.0 Å². The highest BCUT2D eigenvalue weighted by Gasteiger charge is 2.09. The normalized spacial score (nSPS) is 12.5. The topological polar surface area (TPSA) is 52.6 Å². The van der Waals surface area contributed by atoms with Crippen LogP contribution in [0.5, 0.6) is 0 Å². The van der Waals surface area contributed by atoms with Crippen molar-refractivity contribution in [1.82, 2.24) is 4.90 Å². The lowest BCUT2D eigenvalue weighted by atomic mass is 10.2. The standard InChI is InChI=1S/C12H17BrN2O2/c1-8(15(2)3)7-14-9-4-5-10(12(16)17)11(13)6-9/h4-6,8,14H,7H2,1-3H3,(H,16,17). The summed E-state index contributed by atoms with van der Waals surface area (Å²) in [5.41, 5.74) is 1.19. The van der Waals surface area contributed by atoms with Gasteiger partial charge >= 0.3 is 5.97 Å². The van der Waals surface area contributed by atoms with E-state index in [4.69, 9.17) is 5.11 Å². The molecule has 1 aromatic carbocycles. The molecular formula is C12H17BrN2O2. The molecule has 0 saturated heterocycles. The maximum absolute atomic E-state index is 10.8. The van der Waals surface area contributed by atoms with Crippen molar-refractivity contribution in [3.63, 3.8) is 0 Å². The first-order chi connectivity index (χ1) is 7.91. The Bertz CT molecular complexity index is 407. The minimum absolute atomic E-state index is 0.274. The molecule has 4 nitrogen and oxygen atoms in total. The Morgan fingerprint density at radius 2 is 2.18 bits per heavy atom. The Hall–Kier alpha value is -1.07. The van der Waals surface area contributed by atoms with E-state index in [9.17, 15) is 4.79 Å². The fourth-order valence-electron chi connectivity index (χ4n) is 1.25. The van der Waals surface area contributed by atoms with Crippen molar-refractivity contribution in [2.24, 2.45) is 0 Å². The summed E-state index contributed by atoms with van der Waals surface area (Å²) in [4.78, 5) is 13.0. The number of aromatic carboxylic acids is 1. The van der Waals surface area contributed by atoms with Crippen LogP contribution in [0, 0.1) is 0 Å². The van der Waals surface area contributed by atoms with Gasteiger partial charge in [-0.1, -0.05) is 0 Å². The van der Waals surface area contributed by atoms with E-state index in [0.717, 1.165) is 12.2 Å². The maximum atomic E-state index is 10.8. The van der Waals surface area contributed by atoms with Gasteiger partial charge in [-0.25, -0.2) is 4.79 Å². The summed E-state index contributed by atoms with van der Waals surface area (Å²) in [5, 5.41) is 12.2. The number of nitrogens with one attached hydrogen (secondary N) is 1. The van der Waals surface area contributed by atoms with Gasteiger partial charge in [0.05, 0.1) is 5.56 Å². The molecule has 0 spiro atoms. The van der Waals surface area contributed by atoms with Crippen molar-refractivity contribution in [3.05, 3.63) is 28.2 Å². The predicted octanol–water partition coefficient (Wildman–Crippen LogP) is 2.51. The molecule has 1 rings (SSSR count). The number of rotatable bonds is 5. The second kappa shape index (κ2) is 6.02. The number of likely N-dealkylation sites (N-methyl/N-ethyl adjacent to an activating group) is 1. The monoisotopic (exact) mass is 300 g/mol. The molecule has 0 heterocycles. The first kappa shape index (κ1) is 14.0. The van der Waals surface area contributed by atoms with E-state index in [0.29, 0.717) is 10.5 Å². The molecule has 0 radical (unpaired) electrons. The zero-order valence-electron chi connectivity index (χ0n) is 10.2. The molecule has 2 N–H and O–H groups in total. The van der Waals surface area contributed by atoms with Gasteiger partial charge in [0.15, 0.2) is 0 Å². The molecule has 0 saturated carbocycles. The van der Waals surface area contributed by atoms with Gasteiger partial charge in [-0.2, -0.15) is 0 Å². The van der Waals surface area contributed by atoms with Crippen molar-refractivity contribution >= 4 is 27.6 Å². The molecule has 0 amide bonds. The average molecular weight is 301 g/mol. The van der Waals surface area contributed by atoms with E-state index in [2.05, 4.69) is 33.1 Å². The maximum Gasteiger partial charge on any atom is 0.336 e. The van der Waals surface area contributed by atoms with Gasteiger partial charge in [-0.3, -0.25) is 0 Å². The van der Waals surface area contributed by atoms with E-state index in [1.165, 1.54) is 0 Å². The Kier molecular flexibility index (Phi) is 4.96. The van der Waals surface area contributed by atoms with Gasteiger partial charge in [0.2, 0.25) is 0 Å². The Morgan fingerprint density at radius 1 is 1.53 bits per heavy atom. The fourth-order valence-corrected chi connectivity index (χ4v) is 1.80. The molecule has 0 aliphatic rings. The Balaban J connectivity index is 2.68. The lowest BCUT2D eigenvalue weighted by Gasteiger charge is -2.20. The molecule has 0 aliphatic carbocycles. The molecule has 1 atom stereocenters. The number of hydrogen-bond acceptors (Lipinski definition) is 3. The zero-order chi connectivity index (χ0) is 13.0. The molecule has 0 bridgehead atoms. The highest BCUT2D eigenvalue weighted by atomic mass is 79.9. The number of carboxylic acid groups (broad SMARTS) is 1. The van der Waals surface area contributed by atoms with Crippen LogP contribution < -0.4 is 5.32 Å². The third-order valence-corrected chi connectivity index (χ3v) is 3.34. The number of halogens is 1. The van der Waals surface area contributed by atoms with E-state index in [-0.39, 0.29) is 5.56 Å².